The minimum atomic E-state index is -0.112. The highest BCUT2D eigenvalue weighted by molar-refractivity contribution is 5.92. The van der Waals surface area contributed by atoms with Gasteiger partial charge in [-0.1, -0.05) is 18.2 Å². The van der Waals surface area contributed by atoms with Gasteiger partial charge in [0.2, 0.25) is 11.8 Å². The van der Waals surface area contributed by atoms with Gasteiger partial charge in [-0.2, -0.15) is 0 Å². The van der Waals surface area contributed by atoms with Crippen LogP contribution < -0.4 is 14.8 Å². The van der Waals surface area contributed by atoms with Crippen molar-refractivity contribution in [1.29, 1.82) is 0 Å². The van der Waals surface area contributed by atoms with E-state index in [9.17, 15) is 9.59 Å². The average Bonchev–Trinajstić information content (AvgIpc) is 3.22. The van der Waals surface area contributed by atoms with Crippen LogP contribution in [0.25, 0.3) is 6.08 Å². The Bertz CT molecular complexity index is 906. The Morgan fingerprint density at radius 3 is 2.45 bits per heavy atom. The second-order valence-corrected chi connectivity index (χ2v) is 6.94. The van der Waals surface area contributed by atoms with Crippen molar-refractivity contribution in [3.63, 3.8) is 0 Å². The molecule has 152 valence electrons. The Balaban J connectivity index is 1.71. The fourth-order valence-electron chi connectivity index (χ4n) is 3.58. The SMILES string of the molecule is COc1ccc(C2CCCN2C(=O)/C=C/c2ccc(NC(C)=O)cc2)cc1OC. The fraction of sp³-hybridized carbons (Fsp3) is 0.304. The van der Waals surface area contributed by atoms with Crippen LogP contribution >= 0.6 is 0 Å². The van der Waals surface area contributed by atoms with Gasteiger partial charge in [0.15, 0.2) is 11.5 Å². The number of hydrogen-bond acceptors (Lipinski definition) is 4. The molecule has 0 radical (unpaired) electrons. The van der Waals surface area contributed by atoms with Crippen LogP contribution in [-0.2, 0) is 9.59 Å². The van der Waals surface area contributed by atoms with E-state index in [1.807, 2.05) is 47.4 Å². The number of amides is 2. The molecule has 1 heterocycles. The summed E-state index contributed by atoms with van der Waals surface area (Å²) in [5, 5.41) is 2.73. The van der Waals surface area contributed by atoms with Crippen LogP contribution in [0.2, 0.25) is 0 Å². The minimum absolute atomic E-state index is 0.0202. The minimum Gasteiger partial charge on any atom is -0.493 e. The van der Waals surface area contributed by atoms with E-state index < -0.39 is 0 Å². The molecule has 1 atom stereocenters. The summed E-state index contributed by atoms with van der Waals surface area (Å²) in [6, 6.07) is 13.2. The maximum Gasteiger partial charge on any atom is 0.247 e. The summed E-state index contributed by atoms with van der Waals surface area (Å²) in [6.07, 6.45) is 5.28. The first-order valence-electron chi connectivity index (χ1n) is 9.60. The quantitative estimate of drug-likeness (QED) is 0.751. The van der Waals surface area contributed by atoms with Crippen LogP contribution in [0.3, 0.4) is 0 Å². The van der Waals surface area contributed by atoms with Crippen molar-refractivity contribution in [2.75, 3.05) is 26.1 Å². The van der Waals surface area contributed by atoms with Crippen LogP contribution in [0.5, 0.6) is 11.5 Å². The Hall–Kier alpha value is -3.28. The van der Waals surface area contributed by atoms with Crippen molar-refractivity contribution in [3.05, 3.63) is 59.7 Å². The number of anilines is 1. The molecule has 1 N–H and O–H groups in total. The normalized spacial score (nSPS) is 16.1. The number of benzene rings is 2. The molecule has 0 saturated carbocycles. The topological polar surface area (TPSA) is 67.9 Å². The predicted octanol–water partition coefficient (Wildman–Crippen LogP) is 4.04. The number of rotatable bonds is 6. The third kappa shape index (κ3) is 4.96. The number of methoxy groups -OCH3 is 2. The Labute approximate surface area is 171 Å². The molecule has 0 bridgehead atoms. The summed E-state index contributed by atoms with van der Waals surface area (Å²) in [7, 11) is 3.22. The van der Waals surface area contributed by atoms with E-state index in [1.165, 1.54) is 6.92 Å². The summed E-state index contributed by atoms with van der Waals surface area (Å²) in [4.78, 5) is 25.8. The monoisotopic (exact) mass is 394 g/mol. The number of hydrogen-bond donors (Lipinski definition) is 1. The summed E-state index contributed by atoms with van der Waals surface area (Å²) < 4.78 is 10.7. The number of carbonyl (C=O) groups is 2. The highest BCUT2D eigenvalue weighted by Crippen LogP contribution is 2.37. The maximum atomic E-state index is 12.8. The Kier molecular flexibility index (Phi) is 6.54. The molecule has 2 aromatic carbocycles. The molecule has 1 aliphatic rings. The van der Waals surface area contributed by atoms with Crippen molar-refractivity contribution >= 4 is 23.6 Å². The van der Waals surface area contributed by atoms with E-state index in [4.69, 9.17) is 9.47 Å². The molecular weight excluding hydrogens is 368 g/mol. The van der Waals surface area contributed by atoms with Crippen molar-refractivity contribution in [2.24, 2.45) is 0 Å². The number of nitrogens with one attached hydrogen (secondary N) is 1. The van der Waals surface area contributed by atoms with E-state index in [0.717, 1.165) is 36.2 Å². The molecular formula is C23H26N2O4. The Morgan fingerprint density at radius 2 is 1.79 bits per heavy atom. The zero-order chi connectivity index (χ0) is 20.8. The number of carbonyl (C=O) groups excluding carboxylic acids is 2. The number of ether oxygens (including phenoxy) is 2. The number of nitrogens with zero attached hydrogens (tertiary/aromatic N) is 1. The van der Waals surface area contributed by atoms with E-state index in [0.29, 0.717) is 11.5 Å². The van der Waals surface area contributed by atoms with E-state index >= 15 is 0 Å². The summed E-state index contributed by atoms with van der Waals surface area (Å²) in [5.74, 6) is 1.21. The molecule has 6 nitrogen and oxygen atoms in total. The lowest BCUT2D eigenvalue weighted by Gasteiger charge is -2.24. The lowest BCUT2D eigenvalue weighted by atomic mass is 10.0. The molecule has 1 saturated heterocycles. The molecule has 29 heavy (non-hydrogen) atoms. The fourth-order valence-corrected chi connectivity index (χ4v) is 3.58. The van der Waals surface area contributed by atoms with Crippen LogP contribution in [-0.4, -0.2) is 37.5 Å². The molecule has 1 unspecified atom stereocenters. The van der Waals surface area contributed by atoms with Gasteiger partial charge in [0, 0.05) is 25.2 Å². The van der Waals surface area contributed by atoms with Crippen molar-refractivity contribution in [3.8, 4) is 11.5 Å². The summed E-state index contributed by atoms with van der Waals surface area (Å²) in [6.45, 7) is 2.20. The van der Waals surface area contributed by atoms with E-state index in [1.54, 1.807) is 26.4 Å². The van der Waals surface area contributed by atoms with Gasteiger partial charge in [-0.05, 0) is 54.3 Å². The lowest BCUT2D eigenvalue weighted by Crippen LogP contribution is -2.28. The molecule has 3 rings (SSSR count). The third-order valence-electron chi connectivity index (χ3n) is 4.98. The smallest absolute Gasteiger partial charge is 0.247 e. The zero-order valence-corrected chi connectivity index (χ0v) is 17.0. The summed E-state index contributed by atoms with van der Waals surface area (Å²) in [5.41, 5.74) is 2.67. The van der Waals surface area contributed by atoms with Gasteiger partial charge in [0.1, 0.15) is 0 Å². The molecule has 1 fully saturated rings. The molecule has 0 spiro atoms. The van der Waals surface area contributed by atoms with Gasteiger partial charge >= 0.3 is 0 Å². The van der Waals surface area contributed by atoms with E-state index in [-0.39, 0.29) is 17.9 Å². The predicted molar refractivity (Wildman–Crippen MR) is 113 cm³/mol. The largest absolute Gasteiger partial charge is 0.493 e. The van der Waals surface area contributed by atoms with Crippen LogP contribution in [0, 0.1) is 0 Å². The molecule has 2 aromatic rings. The van der Waals surface area contributed by atoms with Crippen molar-refractivity contribution in [1.82, 2.24) is 4.90 Å². The van der Waals surface area contributed by atoms with Gasteiger partial charge in [0.05, 0.1) is 20.3 Å². The van der Waals surface area contributed by atoms with Gasteiger partial charge < -0.3 is 19.7 Å². The van der Waals surface area contributed by atoms with Gasteiger partial charge in [0.25, 0.3) is 0 Å². The van der Waals surface area contributed by atoms with Crippen molar-refractivity contribution < 1.29 is 19.1 Å². The first-order valence-corrected chi connectivity index (χ1v) is 9.60. The number of likely N-dealkylation sites (tertiary alicyclic amines) is 1. The molecule has 2 amide bonds. The van der Waals surface area contributed by atoms with Crippen LogP contribution in [0.1, 0.15) is 36.9 Å². The second kappa shape index (κ2) is 9.28. The first-order chi connectivity index (χ1) is 14.0. The molecule has 6 heteroatoms. The molecule has 0 aromatic heterocycles. The molecule has 0 aliphatic carbocycles. The second-order valence-electron chi connectivity index (χ2n) is 6.94. The van der Waals surface area contributed by atoms with Crippen LogP contribution in [0.4, 0.5) is 5.69 Å². The van der Waals surface area contributed by atoms with Crippen LogP contribution in [0.15, 0.2) is 48.5 Å². The maximum absolute atomic E-state index is 12.8. The summed E-state index contributed by atoms with van der Waals surface area (Å²) >= 11 is 0. The van der Waals surface area contributed by atoms with Gasteiger partial charge in [-0.25, -0.2) is 0 Å². The van der Waals surface area contributed by atoms with Gasteiger partial charge in [-0.15, -0.1) is 0 Å². The Morgan fingerprint density at radius 1 is 1.07 bits per heavy atom. The zero-order valence-electron chi connectivity index (χ0n) is 17.0. The highest BCUT2D eigenvalue weighted by Gasteiger charge is 2.29. The van der Waals surface area contributed by atoms with Gasteiger partial charge in [-0.3, -0.25) is 9.59 Å². The third-order valence-corrected chi connectivity index (χ3v) is 4.98. The standard InChI is InChI=1S/C23H26N2O4/c1-16(26)24-19-10-6-17(7-11-19)8-13-23(27)25-14-4-5-20(25)18-9-12-21(28-2)22(15-18)29-3/h6-13,15,20H,4-5,14H2,1-3H3,(H,24,26)/b13-8+. The highest BCUT2D eigenvalue weighted by atomic mass is 16.5. The van der Waals surface area contributed by atoms with E-state index in [2.05, 4.69) is 5.32 Å². The lowest BCUT2D eigenvalue weighted by molar-refractivity contribution is -0.126. The van der Waals surface area contributed by atoms with Crippen molar-refractivity contribution in [2.45, 2.75) is 25.8 Å². The average molecular weight is 394 g/mol. The molecule has 1 aliphatic heterocycles. The first kappa shape index (κ1) is 20.5.